The van der Waals surface area contributed by atoms with Crippen molar-refractivity contribution in [3.63, 3.8) is 0 Å². The summed E-state index contributed by atoms with van der Waals surface area (Å²) in [6.07, 6.45) is -0.271. The third kappa shape index (κ3) is 5.62. The number of esters is 1. The zero-order valence-electron chi connectivity index (χ0n) is 21.9. The molecule has 1 N–H and O–H groups in total. The van der Waals surface area contributed by atoms with Crippen LogP contribution in [0.3, 0.4) is 0 Å². The predicted molar refractivity (Wildman–Crippen MR) is 145 cm³/mol. The lowest BCUT2D eigenvalue weighted by atomic mass is 9.95. The summed E-state index contributed by atoms with van der Waals surface area (Å²) in [6, 6.07) is 21.3. The fraction of sp³-hybridized carbons (Fsp3) is 0.258. The van der Waals surface area contributed by atoms with Gasteiger partial charge in [-0.3, -0.25) is 14.5 Å². The van der Waals surface area contributed by atoms with Gasteiger partial charge in [-0.05, 0) is 61.7 Å². The van der Waals surface area contributed by atoms with Gasteiger partial charge in [0.05, 0.1) is 29.9 Å². The van der Waals surface area contributed by atoms with Gasteiger partial charge >= 0.3 is 5.97 Å². The number of nitrogens with zero attached hydrogens (tertiary/aromatic N) is 1. The highest BCUT2D eigenvalue weighted by atomic mass is 16.5. The van der Waals surface area contributed by atoms with Crippen LogP contribution in [0.5, 0.6) is 5.75 Å². The van der Waals surface area contributed by atoms with Crippen LogP contribution in [-0.2, 0) is 14.3 Å². The van der Waals surface area contributed by atoms with E-state index >= 15 is 0 Å². The maximum absolute atomic E-state index is 13.4. The van der Waals surface area contributed by atoms with Gasteiger partial charge in [-0.25, -0.2) is 4.79 Å². The summed E-state index contributed by atoms with van der Waals surface area (Å²) in [4.78, 5) is 40.4. The Morgan fingerprint density at radius 1 is 0.895 bits per heavy atom. The first-order chi connectivity index (χ1) is 18.2. The highest BCUT2D eigenvalue weighted by molar-refractivity contribution is 6.51. The molecule has 1 aliphatic rings. The van der Waals surface area contributed by atoms with Crippen molar-refractivity contribution < 1.29 is 29.0 Å². The number of aliphatic hydroxyl groups excluding tert-OH is 1. The zero-order valence-corrected chi connectivity index (χ0v) is 21.9. The molecule has 3 aromatic carbocycles. The molecule has 0 radical (unpaired) electrons. The number of carbonyl (C=O) groups excluding carboxylic acids is 3. The molecule has 1 aliphatic heterocycles. The molecule has 1 saturated heterocycles. The van der Waals surface area contributed by atoms with E-state index < -0.39 is 23.7 Å². The summed E-state index contributed by atoms with van der Waals surface area (Å²) >= 11 is 0. The Morgan fingerprint density at radius 3 is 2.21 bits per heavy atom. The number of hydrogen-bond acceptors (Lipinski definition) is 6. The van der Waals surface area contributed by atoms with Crippen molar-refractivity contribution in [2.24, 2.45) is 5.92 Å². The van der Waals surface area contributed by atoms with Gasteiger partial charge in [-0.1, -0.05) is 56.3 Å². The quantitative estimate of drug-likeness (QED) is 0.174. The largest absolute Gasteiger partial charge is 0.507 e. The van der Waals surface area contributed by atoms with Gasteiger partial charge in [0, 0.05) is 11.3 Å². The maximum Gasteiger partial charge on any atom is 0.338 e. The average Bonchev–Trinajstić information content (AvgIpc) is 3.17. The van der Waals surface area contributed by atoms with Gasteiger partial charge in [0.15, 0.2) is 0 Å². The molecule has 1 amide bonds. The number of carbonyl (C=O) groups is 3. The van der Waals surface area contributed by atoms with Crippen LogP contribution in [0.25, 0.3) is 5.76 Å². The van der Waals surface area contributed by atoms with Crippen LogP contribution in [0.1, 0.15) is 55.2 Å². The Hall–Kier alpha value is -4.39. The minimum absolute atomic E-state index is 0.0227. The number of ether oxygens (including phenoxy) is 2. The molecular formula is C31H31NO6. The van der Waals surface area contributed by atoms with Crippen LogP contribution in [0, 0.1) is 5.92 Å². The van der Waals surface area contributed by atoms with Crippen molar-refractivity contribution >= 4 is 29.1 Å². The number of Topliss-reactive ketones (excluding diaryl/α,β-unsaturated/α-hetero) is 1. The Bertz CT molecular complexity index is 1360. The lowest BCUT2D eigenvalue weighted by Crippen LogP contribution is -2.29. The van der Waals surface area contributed by atoms with E-state index in [1.54, 1.807) is 86.6 Å². The molecule has 0 spiro atoms. The van der Waals surface area contributed by atoms with Crippen LogP contribution in [0.15, 0.2) is 84.4 Å². The van der Waals surface area contributed by atoms with Gasteiger partial charge < -0.3 is 14.6 Å². The summed E-state index contributed by atoms with van der Waals surface area (Å²) in [5.74, 6) is -1.47. The van der Waals surface area contributed by atoms with Gasteiger partial charge in [0.2, 0.25) is 0 Å². The second-order valence-corrected chi connectivity index (χ2v) is 9.81. The molecule has 196 valence electrons. The predicted octanol–water partition coefficient (Wildman–Crippen LogP) is 5.91. The summed E-state index contributed by atoms with van der Waals surface area (Å²) in [5, 5.41) is 11.4. The van der Waals surface area contributed by atoms with E-state index in [9.17, 15) is 19.5 Å². The molecule has 3 aromatic rings. The molecule has 0 aromatic heterocycles. The minimum atomic E-state index is -0.870. The first-order valence-corrected chi connectivity index (χ1v) is 12.6. The summed E-state index contributed by atoms with van der Waals surface area (Å²) in [6.45, 7) is 8.09. The van der Waals surface area contributed by atoms with E-state index in [1.807, 2.05) is 19.9 Å². The van der Waals surface area contributed by atoms with Gasteiger partial charge in [-0.15, -0.1) is 0 Å². The minimum Gasteiger partial charge on any atom is -0.507 e. The van der Waals surface area contributed by atoms with Crippen molar-refractivity contribution in [1.29, 1.82) is 0 Å². The molecular weight excluding hydrogens is 482 g/mol. The summed E-state index contributed by atoms with van der Waals surface area (Å²) in [5.41, 5.74) is 1.75. The second-order valence-electron chi connectivity index (χ2n) is 9.81. The average molecular weight is 514 g/mol. The standard InChI is InChI=1S/C31H31NO6/c1-19(2)18-37-25-12-8-11-23(17-25)28(33)26-27(21-9-6-5-7-10-21)32(30(35)29(26)34)24-15-13-22(14-16-24)31(36)38-20(3)4/h5-17,19-20,27,33H,18H2,1-4H3/b28-26+. The normalized spacial score (nSPS) is 16.8. The molecule has 0 saturated carbocycles. The Labute approximate surface area is 222 Å². The van der Waals surface area contributed by atoms with Crippen molar-refractivity contribution in [2.45, 2.75) is 39.8 Å². The van der Waals surface area contributed by atoms with E-state index in [1.165, 1.54) is 4.90 Å². The number of anilines is 1. The van der Waals surface area contributed by atoms with E-state index in [4.69, 9.17) is 9.47 Å². The maximum atomic E-state index is 13.4. The Kier molecular flexibility index (Phi) is 7.96. The smallest absolute Gasteiger partial charge is 0.338 e. The second kappa shape index (κ2) is 11.3. The number of hydrogen-bond donors (Lipinski definition) is 1. The topological polar surface area (TPSA) is 93.1 Å². The Morgan fingerprint density at radius 2 is 1.58 bits per heavy atom. The molecule has 1 fully saturated rings. The van der Waals surface area contributed by atoms with E-state index in [0.717, 1.165) is 0 Å². The molecule has 1 atom stereocenters. The van der Waals surface area contributed by atoms with E-state index in [2.05, 4.69) is 0 Å². The highest BCUT2D eigenvalue weighted by Crippen LogP contribution is 2.42. The molecule has 7 heteroatoms. The fourth-order valence-electron chi connectivity index (χ4n) is 4.24. The van der Waals surface area contributed by atoms with Crippen molar-refractivity contribution in [2.75, 3.05) is 11.5 Å². The van der Waals surface area contributed by atoms with Crippen LogP contribution < -0.4 is 9.64 Å². The monoisotopic (exact) mass is 513 g/mol. The molecule has 38 heavy (non-hydrogen) atoms. The van der Waals surface area contributed by atoms with Crippen LogP contribution >= 0.6 is 0 Å². The van der Waals surface area contributed by atoms with Crippen molar-refractivity contribution in [1.82, 2.24) is 0 Å². The molecule has 4 rings (SSSR count). The summed E-state index contributed by atoms with van der Waals surface area (Å²) in [7, 11) is 0. The van der Waals surface area contributed by atoms with Crippen molar-refractivity contribution in [3.8, 4) is 5.75 Å². The number of ketones is 1. The van der Waals surface area contributed by atoms with Gasteiger partial charge in [0.1, 0.15) is 11.5 Å². The molecule has 0 aliphatic carbocycles. The summed E-state index contributed by atoms with van der Waals surface area (Å²) < 4.78 is 11.0. The fourth-order valence-corrected chi connectivity index (χ4v) is 4.24. The highest BCUT2D eigenvalue weighted by Gasteiger charge is 2.47. The molecule has 7 nitrogen and oxygen atoms in total. The number of benzene rings is 3. The number of amides is 1. The van der Waals surface area contributed by atoms with Crippen LogP contribution in [-0.4, -0.2) is 35.5 Å². The Balaban J connectivity index is 1.78. The van der Waals surface area contributed by atoms with E-state index in [0.29, 0.717) is 40.7 Å². The van der Waals surface area contributed by atoms with Gasteiger partial charge in [-0.2, -0.15) is 0 Å². The zero-order chi connectivity index (χ0) is 27.4. The lowest BCUT2D eigenvalue weighted by Gasteiger charge is -2.25. The van der Waals surface area contributed by atoms with E-state index in [-0.39, 0.29) is 17.4 Å². The van der Waals surface area contributed by atoms with Crippen LogP contribution in [0.4, 0.5) is 5.69 Å². The molecule has 1 unspecified atom stereocenters. The number of rotatable bonds is 8. The van der Waals surface area contributed by atoms with Crippen LogP contribution in [0.2, 0.25) is 0 Å². The third-order valence-electron chi connectivity index (χ3n) is 5.97. The SMILES string of the molecule is CC(C)COc1cccc(/C(O)=C2\C(=O)C(=O)N(c3ccc(C(=O)OC(C)C)cc3)C2c2ccccc2)c1. The van der Waals surface area contributed by atoms with Gasteiger partial charge in [0.25, 0.3) is 11.7 Å². The first-order valence-electron chi connectivity index (χ1n) is 12.6. The first kappa shape index (κ1) is 26.7. The van der Waals surface area contributed by atoms with Crippen molar-refractivity contribution in [3.05, 3.63) is 101 Å². The number of aliphatic hydroxyl groups is 1. The molecule has 1 heterocycles. The molecule has 0 bridgehead atoms. The lowest BCUT2D eigenvalue weighted by molar-refractivity contribution is -0.132. The third-order valence-corrected chi connectivity index (χ3v) is 5.97.